The van der Waals surface area contributed by atoms with Gasteiger partial charge in [-0.3, -0.25) is 14.4 Å². The van der Waals surface area contributed by atoms with Crippen molar-refractivity contribution in [2.24, 2.45) is 5.73 Å². The lowest BCUT2D eigenvalue weighted by Crippen LogP contribution is -2.50. The van der Waals surface area contributed by atoms with Gasteiger partial charge in [0.25, 0.3) is 11.8 Å². The van der Waals surface area contributed by atoms with Crippen LogP contribution in [-0.4, -0.2) is 53.7 Å². The fraction of sp³-hybridized carbons (Fsp3) is 0.286. The zero-order chi connectivity index (χ0) is 21.0. The molecule has 0 bridgehead atoms. The second-order valence-electron chi connectivity index (χ2n) is 6.76. The van der Waals surface area contributed by atoms with Gasteiger partial charge < -0.3 is 20.3 Å². The third-order valence-corrected chi connectivity index (χ3v) is 4.83. The molecule has 2 aromatic carbocycles. The molecule has 1 aliphatic heterocycles. The number of ether oxygens (including phenoxy) is 1. The molecule has 0 aromatic heterocycles. The number of amides is 3. The molecule has 0 aliphatic carbocycles. The smallest absolute Gasteiger partial charge is 0.255 e. The minimum atomic E-state index is -0.899. The van der Waals surface area contributed by atoms with Gasteiger partial charge in [-0.1, -0.05) is 18.2 Å². The minimum absolute atomic E-state index is 0.0132. The van der Waals surface area contributed by atoms with Crippen LogP contribution in [0.5, 0.6) is 5.75 Å². The Labute approximate surface area is 167 Å². The summed E-state index contributed by atoms with van der Waals surface area (Å²) in [6.07, 6.45) is 0. The SMILES string of the molecule is CC(=O)N1CCN(C(=O)c2ccc(COc3cccc(F)c3C(N)=O)cc2)CC1. The number of nitrogens with two attached hydrogens (primary N) is 1. The molecular weight excluding hydrogens is 377 g/mol. The normalized spacial score (nSPS) is 13.9. The van der Waals surface area contributed by atoms with E-state index >= 15 is 0 Å². The lowest BCUT2D eigenvalue weighted by atomic mass is 10.1. The Balaban J connectivity index is 1.61. The number of benzene rings is 2. The number of rotatable bonds is 5. The van der Waals surface area contributed by atoms with Gasteiger partial charge in [0.1, 0.15) is 23.7 Å². The van der Waals surface area contributed by atoms with Crippen molar-refractivity contribution in [3.8, 4) is 5.75 Å². The molecule has 0 spiro atoms. The van der Waals surface area contributed by atoms with Crippen LogP contribution in [0.2, 0.25) is 0 Å². The van der Waals surface area contributed by atoms with Crippen molar-refractivity contribution in [2.45, 2.75) is 13.5 Å². The highest BCUT2D eigenvalue weighted by molar-refractivity contribution is 5.96. The first-order valence-corrected chi connectivity index (χ1v) is 9.21. The van der Waals surface area contributed by atoms with E-state index in [1.807, 2.05) is 0 Å². The Morgan fingerprint density at radius 1 is 1.00 bits per heavy atom. The van der Waals surface area contributed by atoms with Gasteiger partial charge in [-0.2, -0.15) is 0 Å². The van der Waals surface area contributed by atoms with Crippen molar-refractivity contribution in [1.82, 2.24) is 9.80 Å². The van der Waals surface area contributed by atoms with Crippen LogP contribution < -0.4 is 10.5 Å². The molecular formula is C21H22FN3O4. The Kier molecular flexibility index (Phi) is 6.11. The lowest BCUT2D eigenvalue weighted by molar-refractivity contribution is -0.130. The van der Waals surface area contributed by atoms with E-state index in [2.05, 4.69) is 0 Å². The van der Waals surface area contributed by atoms with Crippen molar-refractivity contribution >= 4 is 17.7 Å². The second-order valence-corrected chi connectivity index (χ2v) is 6.76. The van der Waals surface area contributed by atoms with Crippen LogP contribution in [0.1, 0.15) is 33.2 Å². The fourth-order valence-electron chi connectivity index (χ4n) is 3.18. The first-order valence-electron chi connectivity index (χ1n) is 9.21. The molecule has 1 heterocycles. The minimum Gasteiger partial charge on any atom is -0.488 e. The second kappa shape index (κ2) is 8.72. The maximum Gasteiger partial charge on any atom is 0.255 e. The topological polar surface area (TPSA) is 92.9 Å². The van der Waals surface area contributed by atoms with Gasteiger partial charge in [-0.05, 0) is 29.8 Å². The molecule has 2 aromatic rings. The molecule has 1 fully saturated rings. The van der Waals surface area contributed by atoms with Gasteiger partial charge >= 0.3 is 0 Å². The van der Waals surface area contributed by atoms with Crippen molar-refractivity contribution in [3.63, 3.8) is 0 Å². The average molecular weight is 399 g/mol. The summed E-state index contributed by atoms with van der Waals surface area (Å²) in [5.41, 5.74) is 6.21. The zero-order valence-electron chi connectivity index (χ0n) is 16.1. The highest BCUT2D eigenvalue weighted by atomic mass is 19.1. The van der Waals surface area contributed by atoms with Crippen LogP contribution in [0.4, 0.5) is 4.39 Å². The van der Waals surface area contributed by atoms with Crippen molar-refractivity contribution < 1.29 is 23.5 Å². The summed E-state index contributed by atoms with van der Waals surface area (Å²) in [4.78, 5) is 38.9. The summed E-state index contributed by atoms with van der Waals surface area (Å²) in [5, 5.41) is 0. The molecule has 2 N–H and O–H groups in total. The molecule has 29 heavy (non-hydrogen) atoms. The zero-order valence-corrected chi connectivity index (χ0v) is 16.1. The van der Waals surface area contributed by atoms with Gasteiger partial charge in [0.05, 0.1) is 0 Å². The fourth-order valence-corrected chi connectivity index (χ4v) is 3.18. The largest absolute Gasteiger partial charge is 0.488 e. The van der Waals surface area contributed by atoms with E-state index in [1.54, 1.807) is 34.1 Å². The van der Waals surface area contributed by atoms with Crippen molar-refractivity contribution in [2.75, 3.05) is 26.2 Å². The molecule has 7 nitrogen and oxygen atoms in total. The number of primary amides is 1. The summed E-state index contributed by atoms with van der Waals surface area (Å²) >= 11 is 0. The summed E-state index contributed by atoms with van der Waals surface area (Å²) in [6, 6.07) is 10.9. The number of hydrogen-bond acceptors (Lipinski definition) is 4. The van der Waals surface area contributed by atoms with E-state index in [0.717, 1.165) is 11.6 Å². The quantitative estimate of drug-likeness (QED) is 0.830. The third kappa shape index (κ3) is 4.71. The van der Waals surface area contributed by atoms with Gasteiger partial charge in [-0.15, -0.1) is 0 Å². The standard InChI is InChI=1S/C21H22FN3O4/c1-14(26)24-9-11-25(12-10-24)21(28)16-7-5-15(6-8-16)13-29-18-4-2-3-17(22)19(18)20(23)27/h2-8H,9-13H2,1H3,(H2,23,27). The van der Waals surface area contributed by atoms with E-state index in [-0.39, 0.29) is 29.7 Å². The molecule has 152 valence electrons. The van der Waals surface area contributed by atoms with E-state index in [9.17, 15) is 18.8 Å². The molecule has 8 heteroatoms. The predicted molar refractivity (Wildman–Crippen MR) is 104 cm³/mol. The Morgan fingerprint density at radius 2 is 1.62 bits per heavy atom. The molecule has 0 radical (unpaired) electrons. The molecule has 3 rings (SSSR count). The highest BCUT2D eigenvalue weighted by Crippen LogP contribution is 2.22. The summed E-state index contributed by atoms with van der Waals surface area (Å²) in [5.74, 6) is -1.65. The molecule has 0 saturated carbocycles. The van der Waals surface area contributed by atoms with Crippen LogP contribution >= 0.6 is 0 Å². The molecule has 0 atom stereocenters. The molecule has 3 amide bonds. The van der Waals surface area contributed by atoms with Crippen LogP contribution in [0, 0.1) is 5.82 Å². The Hall–Kier alpha value is -3.42. The first kappa shape index (κ1) is 20.3. The number of halogens is 1. The predicted octanol–water partition coefficient (Wildman–Crippen LogP) is 1.81. The average Bonchev–Trinajstić information content (AvgIpc) is 2.72. The van der Waals surface area contributed by atoms with Gasteiger partial charge in [0.2, 0.25) is 5.91 Å². The summed E-state index contributed by atoms with van der Waals surface area (Å²) in [6.45, 7) is 3.67. The molecule has 0 unspecified atom stereocenters. The first-order chi connectivity index (χ1) is 13.9. The van der Waals surface area contributed by atoms with E-state index in [1.165, 1.54) is 19.1 Å². The number of nitrogens with zero attached hydrogens (tertiary/aromatic N) is 2. The lowest BCUT2D eigenvalue weighted by Gasteiger charge is -2.34. The van der Waals surface area contributed by atoms with Crippen LogP contribution in [-0.2, 0) is 11.4 Å². The van der Waals surface area contributed by atoms with Gasteiger partial charge in [0.15, 0.2) is 0 Å². The van der Waals surface area contributed by atoms with E-state index < -0.39 is 11.7 Å². The van der Waals surface area contributed by atoms with Crippen LogP contribution in [0.3, 0.4) is 0 Å². The highest BCUT2D eigenvalue weighted by Gasteiger charge is 2.23. The maximum absolute atomic E-state index is 13.8. The summed E-state index contributed by atoms with van der Waals surface area (Å²) in [7, 11) is 0. The number of carbonyl (C=O) groups is 3. The van der Waals surface area contributed by atoms with Crippen molar-refractivity contribution in [3.05, 3.63) is 65.0 Å². The van der Waals surface area contributed by atoms with Crippen LogP contribution in [0.15, 0.2) is 42.5 Å². The number of piperazine rings is 1. The van der Waals surface area contributed by atoms with Crippen molar-refractivity contribution in [1.29, 1.82) is 0 Å². The molecule has 1 aliphatic rings. The maximum atomic E-state index is 13.8. The van der Waals surface area contributed by atoms with Gasteiger partial charge in [0, 0.05) is 38.7 Å². The summed E-state index contributed by atoms with van der Waals surface area (Å²) < 4.78 is 19.3. The van der Waals surface area contributed by atoms with E-state index in [4.69, 9.17) is 10.5 Å². The third-order valence-electron chi connectivity index (χ3n) is 4.83. The monoisotopic (exact) mass is 399 g/mol. The van der Waals surface area contributed by atoms with E-state index in [0.29, 0.717) is 31.7 Å². The number of hydrogen-bond donors (Lipinski definition) is 1. The number of carbonyl (C=O) groups excluding carboxylic acids is 3. The Morgan fingerprint density at radius 3 is 2.21 bits per heavy atom. The van der Waals surface area contributed by atoms with Crippen LogP contribution in [0.25, 0.3) is 0 Å². The Bertz CT molecular complexity index is 922. The van der Waals surface area contributed by atoms with Gasteiger partial charge in [-0.25, -0.2) is 4.39 Å². The molecule has 1 saturated heterocycles.